The van der Waals surface area contributed by atoms with E-state index >= 15 is 0 Å². The molecular formula is C13H16F2N2O3. The molecule has 0 aliphatic heterocycles. The van der Waals surface area contributed by atoms with Crippen molar-refractivity contribution in [1.29, 1.82) is 0 Å². The molecule has 3 N–H and O–H groups in total. The normalized spacial score (nSPS) is 10.4. The van der Waals surface area contributed by atoms with Crippen molar-refractivity contribution in [2.24, 2.45) is 5.92 Å². The summed E-state index contributed by atoms with van der Waals surface area (Å²) in [6.07, 6.45) is 0. The highest BCUT2D eigenvalue weighted by Crippen LogP contribution is 2.20. The van der Waals surface area contributed by atoms with Crippen LogP contribution in [0.15, 0.2) is 12.1 Å². The fourth-order valence-electron chi connectivity index (χ4n) is 1.41. The van der Waals surface area contributed by atoms with Gasteiger partial charge in [0.25, 0.3) is 0 Å². The number of hydrogen-bond donors (Lipinski definition) is 3. The van der Waals surface area contributed by atoms with Gasteiger partial charge in [0, 0.05) is 6.54 Å². The lowest BCUT2D eigenvalue weighted by Gasteiger charge is -2.11. The number of halogens is 2. The smallest absolute Gasteiger partial charge is 0.335 e. The second-order valence-corrected chi connectivity index (χ2v) is 4.67. The van der Waals surface area contributed by atoms with E-state index in [-0.39, 0.29) is 12.5 Å². The molecule has 0 unspecified atom stereocenters. The van der Waals surface area contributed by atoms with Gasteiger partial charge in [-0.15, -0.1) is 0 Å². The molecule has 0 aromatic heterocycles. The summed E-state index contributed by atoms with van der Waals surface area (Å²) in [5.41, 5.74) is -1.01. The molecule has 0 saturated heterocycles. The number of amides is 1. The number of hydrogen-bond acceptors (Lipinski definition) is 3. The van der Waals surface area contributed by atoms with Crippen LogP contribution in [0.1, 0.15) is 24.2 Å². The summed E-state index contributed by atoms with van der Waals surface area (Å²) in [6.45, 7) is 3.99. The molecule has 1 aromatic carbocycles. The van der Waals surface area contributed by atoms with Crippen LogP contribution in [0.3, 0.4) is 0 Å². The van der Waals surface area contributed by atoms with Gasteiger partial charge in [0.15, 0.2) is 0 Å². The van der Waals surface area contributed by atoms with Crippen LogP contribution in [0.25, 0.3) is 0 Å². The minimum absolute atomic E-state index is 0.266. The third-order valence-electron chi connectivity index (χ3n) is 2.42. The monoisotopic (exact) mass is 286 g/mol. The van der Waals surface area contributed by atoms with Gasteiger partial charge >= 0.3 is 5.97 Å². The fraction of sp³-hybridized carbons (Fsp3) is 0.385. The van der Waals surface area contributed by atoms with Crippen molar-refractivity contribution in [2.75, 3.05) is 18.4 Å². The third-order valence-corrected chi connectivity index (χ3v) is 2.42. The summed E-state index contributed by atoms with van der Waals surface area (Å²) in [7, 11) is 0. The summed E-state index contributed by atoms with van der Waals surface area (Å²) < 4.78 is 27.1. The van der Waals surface area contributed by atoms with Gasteiger partial charge < -0.3 is 15.7 Å². The van der Waals surface area contributed by atoms with Crippen LogP contribution in [0.4, 0.5) is 14.5 Å². The van der Waals surface area contributed by atoms with E-state index in [0.29, 0.717) is 18.7 Å². The molecule has 5 nitrogen and oxygen atoms in total. The van der Waals surface area contributed by atoms with Crippen molar-refractivity contribution in [1.82, 2.24) is 5.32 Å². The van der Waals surface area contributed by atoms with Gasteiger partial charge in [-0.25, -0.2) is 13.6 Å². The van der Waals surface area contributed by atoms with Crippen LogP contribution >= 0.6 is 0 Å². The van der Waals surface area contributed by atoms with Crippen LogP contribution in [0.2, 0.25) is 0 Å². The summed E-state index contributed by atoms with van der Waals surface area (Å²) in [5, 5.41) is 13.5. The van der Waals surface area contributed by atoms with Crippen LogP contribution in [0, 0.1) is 17.6 Å². The molecule has 1 amide bonds. The van der Waals surface area contributed by atoms with Crippen molar-refractivity contribution in [3.8, 4) is 0 Å². The zero-order valence-corrected chi connectivity index (χ0v) is 11.2. The predicted molar refractivity (Wildman–Crippen MR) is 69.7 cm³/mol. The van der Waals surface area contributed by atoms with Crippen LogP contribution in [-0.2, 0) is 4.79 Å². The van der Waals surface area contributed by atoms with Crippen LogP contribution in [0.5, 0.6) is 0 Å². The van der Waals surface area contributed by atoms with Gasteiger partial charge in [0.1, 0.15) is 17.3 Å². The van der Waals surface area contributed by atoms with Crippen molar-refractivity contribution >= 4 is 17.6 Å². The lowest BCUT2D eigenvalue weighted by atomic mass is 10.2. The first kappa shape index (κ1) is 15.9. The zero-order valence-electron chi connectivity index (χ0n) is 11.2. The lowest BCUT2D eigenvalue weighted by molar-refractivity contribution is -0.119. The number of anilines is 1. The second-order valence-electron chi connectivity index (χ2n) is 4.67. The summed E-state index contributed by atoms with van der Waals surface area (Å²) in [4.78, 5) is 22.0. The summed E-state index contributed by atoms with van der Waals surface area (Å²) >= 11 is 0. The Kier molecular flexibility index (Phi) is 5.42. The number of carboxylic acids is 1. The standard InChI is InChI=1S/C13H16F2N2O3/c1-7(2)5-16-11(18)6-17-12-9(14)3-8(13(19)20)4-10(12)15/h3-4,7,17H,5-6H2,1-2H3,(H,16,18)(H,19,20). The van der Waals surface area contributed by atoms with Gasteiger partial charge in [-0.2, -0.15) is 0 Å². The van der Waals surface area contributed by atoms with Crippen LogP contribution < -0.4 is 10.6 Å². The maximum Gasteiger partial charge on any atom is 0.335 e. The topological polar surface area (TPSA) is 78.4 Å². The summed E-state index contributed by atoms with van der Waals surface area (Å²) in [5.74, 6) is -3.68. The van der Waals surface area contributed by atoms with Crippen molar-refractivity contribution in [3.05, 3.63) is 29.3 Å². The lowest BCUT2D eigenvalue weighted by Crippen LogP contribution is -2.32. The molecule has 0 fully saturated rings. The number of carbonyl (C=O) groups excluding carboxylic acids is 1. The quantitative estimate of drug-likeness (QED) is 0.745. The highest BCUT2D eigenvalue weighted by molar-refractivity contribution is 5.88. The van der Waals surface area contributed by atoms with E-state index in [1.807, 2.05) is 13.8 Å². The van der Waals surface area contributed by atoms with Crippen LogP contribution in [-0.4, -0.2) is 30.1 Å². The molecule has 1 rings (SSSR count). The van der Waals surface area contributed by atoms with Gasteiger partial charge in [0.2, 0.25) is 5.91 Å². The SMILES string of the molecule is CC(C)CNC(=O)CNc1c(F)cc(C(=O)O)cc1F. The molecule has 110 valence electrons. The Morgan fingerprint density at radius 1 is 1.25 bits per heavy atom. The van der Waals surface area contributed by atoms with Gasteiger partial charge in [-0.1, -0.05) is 13.8 Å². The van der Waals surface area contributed by atoms with E-state index in [9.17, 15) is 18.4 Å². The Bertz CT molecular complexity index is 495. The van der Waals surface area contributed by atoms with E-state index < -0.39 is 34.8 Å². The molecule has 0 bridgehead atoms. The molecule has 0 atom stereocenters. The molecule has 20 heavy (non-hydrogen) atoms. The van der Waals surface area contributed by atoms with E-state index in [4.69, 9.17) is 5.11 Å². The molecule has 0 aliphatic carbocycles. The van der Waals surface area contributed by atoms with E-state index in [0.717, 1.165) is 0 Å². The third kappa shape index (κ3) is 4.49. The number of nitrogens with one attached hydrogen (secondary N) is 2. The van der Waals surface area contributed by atoms with E-state index in [2.05, 4.69) is 10.6 Å². The molecule has 0 saturated carbocycles. The Hall–Kier alpha value is -2.18. The first-order chi connectivity index (χ1) is 9.31. The fourth-order valence-corrected chi connectivity index (χ4v) is 1.41. The first-order valence-electron chi connectivity index (χ1n) is 6.04. The van der Waals surface area contributed by atoms with Crippen molar-refractivity contribution < 1.29 is 23.5 Å². The van der Waals surface area contributed by atoms with E-state index in [1.54, 1.807) is 0 Å². The average Bonchev–Trinajstić information content (AvgIpc) is 2.34. The Morgan fingerprint density at radius 2 is 1.80 bits per heavy atom. The second kappa shape index (κ2) is 6.83. The largest absolute Gasteiger partial charge is 0.478 e. The zero-order chi connectivity index (χ0) is 15.3. The number of rotatable bonds is 6. The highest BCUT2D eigenvalue weighted by Gasteiger charge is 2.15. The number of benzene rings is 1. The first-order valence-corrected chi connectivity index (χ1v) is 6.04. The summed E-state index contributed by atoms with van der Waals surface area (Å²) in [6, 6.07) is 1.39. The average molecular weight is 286 g/mol. The molecule has 0 aliphatic rings. The molecule has 0 heterocycles. The number of carboxylic acid groups (broad SMARTS) is 1. The van der Waals surface area contributed by atoms with Crippen molar-refractivity contribution in [3.63, 3.8) is 0 Å². The molecule has 0 radical (unpaired) electrons. The van der Waals surface area contributed by atoms with Gasteiger partial charge in [-0.05, 0) is 18.1 Å². The maximum atomic E-state index is 13.5. The van der Waals surface area contributed by atoms with Gasteiger partial charge in [0.05, 0.1) is 12.1 Å². The molecular weight excluding hydrogens is 270 g/mol. The Labute approximate surface area is 115 Å². The Morgan fingerprint density at radius 3 is 2.25 bits per heavy atom. The molecule has 1 aromatic rings. The van der Waals surface area contributed by atoms with E-state index in [1.165, 1.54) is 0 Å². The Balaban J connectivity index is 2.69. The molecule has 7 heteroatoms. The van der Waals surface area contributed by atoms with Gasteiger partial charge in [-0.3, -0.25) is 4.79 Å². The predicted octanol–water partition coefficient (Wildman–Crippen LogP) is 1.85. The number of aromatic carboxylic acids is 1. The van der Waals surface area contributed by atoms with Crippen molar-refractivity contribution in [2.45, 2.75) is 13.8 Å². The maximum absolute atomic E-state index is 13.5. The minimum Gasteiger partial charge on any atom is -0.478 e. The molecule has 0 spiro atoms. The minimum atomic E-state index is -1.43. The number of carbonyl (C=O) groups is 2. The highest BCUT2D eigenvalue weighted by atomic mass is 19.1.